The van der Waals surface area contributed by atoms with Gasteiger partial charge in [-0.15, -0.1) is 0 Å². The van der Waals surface area contributed by atoms with Crippen LogP contribution in [0.2, 0.25) is 5.02 Å². The summed E-state index contributed by atoms with van der Waals surface area (Å²) in [7, 11) is 2.91. The van der Waals surface area contributed by atoms with Gasteiger partial charge in [-0.2, -0.15) is 0 Å². The fraction of sp³-hybridized carbons (Fsp3) is 0.167. The van der Waals surface area contributed by atoms with Crippen LogP contribution in [0.1, 0.15) is 0 Å². The van der Waals surface area contributed by atoms with E-state index in [9.17, 15) is 9.59 Å². The maximum Gasteiger partial charge on any atom is 0.335 e. The van der Waals surface area contributed by atoms with Crippen LogP contribution in [-0.2, 0) is 7.05 Å². The first-order valence-electron chi connectivity index (χ1n) is 5.17. The van der Waals surface area contributed by atoms with E-state index >= 15 is 0 Å². The van der Waals surface area contributed by atoms with Gasteiger partial charge in [0.2, 0.25) is 0 Å². The first kappa shape index (κ1) is 12.4. The van der Waals surface area contributed by atoms with Gasteiger partial charge in [0, 0.05) is 24.3 Å². The van der Waals surface area contributed by atoms with E-state index in [1.54, 1.807) is 18.2 Å². The fourth-order valence-corrected chi connectivity index (χ4v) is 1.77. The summed E-state index contributed by atoms with van der Waals surface area (Å²) in [5.41, 5.74) is -0.328. The molecule has 5 nitrogen and oxygen atoms in total. The number of benzene rings is 1. The Balaban J connectivity index is 2.77. The van der Waals surface area contributed by atoms with Crippen LogP contribution in [-0.4, -0.2) is 16.2 Å². The minimum Gasteiger partial charge on any atom is -0.495 e. The van der Waals surface area contributed by atoms with Gasteiger partial charge in [0.25, 0.3) is 5.56 Å². The third-order valence-corrected chi connectivity index (χ3v) is 2.83. The lowest BCUT2D eigenvalue weighted by Gasteiger charge is -2.11. The lowest BCUT2D eigenvalue weighted by atomic mass is 10.3. The Labute approximate surface area is 108 Å². The molecule has 0 aliphatic carbocycles. The lowest BCUT2D eigenvalue weighted by Crippen LogP contribution is -2.36. The standard InChI is InChI=1S/C12H11ClN2O3/c1-14-11(16)5-6-15(12(14)17)9-7-8(13)3-4-10(9)18-2/h3-7H,1-2H3. The Morgan fingerprint density at radius 3 is 2.61 bits per heavy atom. The fourth-order valence-electron chi connectivity index (χ4n) is 1.60. The normalized spacial score (nSPS) is 10.4. The summed E-state index contributed by atoms with van der Waals surface area (Å²) in [4.78, 5) is 23.3. The van der Waals surface area contributed by atoms with Crippen molar-refractivity contribution in [1.82, 2.24) is 9.13 Å². The maximum atomic E-state index is 12.0. The van der Waals surface area contributed by atoms with Crippen molar-refractivity contribution in [2.75, 3.05) is 7.11 Å². The number of rotatable bonds is 2. The molecule has 6 heteroatoms. The summed E-state index contributed by atoms with van der Waals surface area (Å²) in [6.07, 6.45) is 1.40. The third-order valence-electron chi connectivity index (χ3n) is 2.59. The number of methoxy groups -OCH3 is 1. The number of halogens is 1. The largest absolute Gasteiger partial charge is 0.495 e. The Morgan fingerprint density at radius 1 is 1.22 bits per heavy atom. The zero-order chi connectivity index (χ0) is 13.3. The molecule has 0 saturated heterocycles. The highest BCUT2D eigenvalue weighted by molar-refractivity contribution is 6.30. The van der Waals surface area contributed by atoms with Gasteiger partial charge in [-0.3, -0.25) is 13.9 Å². The average Bonchev–Trinajstić information content (AvgIpc) is 2.36. The molecule has 1 aromatic heterocycles. The monoisotopic (exact) mass is 266 g/mol. The van der Waals surface area contributed by atoms with Gasteiger partial charge in [-0.05, 0) is 18.2 Å². The Bertz CT molecular complexity index is 703. The van der Waals surface area contributed by atoms with Crippen LogP contribution < -0.4 is 16.0 Å². The van der Waals surface area contributed by atoms with Crippen molar-refractivity contribution in [3.63, 3.8) is 0 Å². The van der Waals surface area contributed by atoms with Crippen LogP contribution in [0, 0.1) is 0 Å². The second kappa shape index (κ2) is 4.70. The molecule has 0 fully saturated rings. The Hall–Kier alpha value is -2.01. The van der Waals surface area contributed by atoms with Crippen molar-refractivity contribution in [3.05, 3.63) is 56.3 Å². The molecule has 0 aliphatic heterocycles. The smallest absolute Gasteiger partial charge is 0.335 e. The molecule has 0 N–H and O–H groups in total. The predicted octanol–water partition coefficient (Wildman–Crippen LogP) is 1.20. The molecule has 0 bridgehead atoms. The topological polar surface area (TPSA) is 53.2 Å². The number of aromatic nitrogens is 2. The molecule has 0 saturated carbocycles. The molecule has 0 spiro atoms. The molecular weight excluding hydrogens is 256 g/mol. The van der Waals surface area contributed by atoms with Crippen LogP contribution in [0.5, 0.6) is 5.75 Å². The SMILES string of the molecule is COc1ccc(Cl)cc1-n1ccc(=O)n(C)c1=O. The van der Waals surface area contributed by atoms with Gasteiger partial charge >= 0.3 is 5.69 Å². The molecule has 0 atom stereocenters. The molecule has 0 aliphatic rings. The van der Waals surface area contributed by atoms with E-state index in [4.69, 9.17) is 16.3 Å². The number of nitrogens with zero attached hydrogens (tertiary/aromatic N) is 2. The molecule has 18 heavy (non-hydrogen) atoms. The molecule has 2 aromatic rings. The van der Waals surface area contributed by atoms with E-state index in [1.807, 2.05) is 0 Å². The zero-order valence-electron chi connectivity index (χ0n) is 9.88. The highest BCUT2D eigenvalue weighted by Crippen LogP contribution is 2.24. The van der Waals surface area contributed by atoms with Crippen LogP contribution in [0.15, 0.2) is 40.1 Å². The minimum atomic E-state index is -0.455. The third kappa shape index (κ3) is 2.04. The molecule has 0 unspecified atom stereocenters. The molecular formula is C12H11ClN2O3. The van der Waals surface area contributed by atoms with Gasteiger partial charge in [0.15, 0.2) is 0 Å². The van der Waals surface area contributed by atoms with Gasteiger partial charge in [0.05, 0.1) is 12.8 Å². The first-order valence-corrected chi connectivity index (χ1v) is 5.55. The summed E-state index contributed by atoms with van der Waals surface area (Å²) in [6.45, 7) is 0. The second-order valence-electron chi connectivity index (χ2n) is 3.68. The van der Waals surface area contributed by atoms with E-state index in [1.165, 1.54) is 31.0 Å². The minimum absolute atomic E-state index is 0.364. The second-order valence-corrected chi connectivity index (χ2v) is 4.12. The van der Waals surface area contributed by atoms with Crippen molar-refractivity contribution in [1.29, 1.82) is 0 Å². The summed E-state index contributed by atoms with van der Waals surface area (Å²) in [6, 6.07) is 6.24. The molecule has 2 rings (SSSR count). The molecule has 0 amide bonds. The first-order chi connectivity index (χ1) is 8.54. The van der Waals surface area contributed by atoms with Gasteiger partial charge in [0.1, 0.15) is 5.75 Å². The molecule has 94 valence electrons. The molecule has 1 heterocycles. The maximum absolute atomic E-state index is 12.0. The quantitative estimate of drug-likeness (QED) is 0.821. The molecule has 0 radical (unpaired) electrons. The van der Waals surface area contributed by atoms with Crippen molar-refractivity contribution in [2.45, 2.75) is 0 Å². The van der Waals surface area contributed by atoms with Crippen molar-refractivity contribution >= 4 is 11.6 Å². The molecule has 1 aromatic carbocycles. The van der Waals surface area contributed by atoms with E-state index in [2.05, 4.69) is 0 Å². The van der Waals surface area contributed by atoms with Crippen LogP contribution in [0.4, 0.5) is 0 Å². The highest BCUT2D eigenvalue weighted by atomic mass is 35.5. The summed E-state index contributed by atoms with van der Waals surface area (Å²) in [5, 5.41) is 0.478. The van der Waals surface area contributed by atoms with Gasteiger partial charge in [-0.1, -0.05) is 11.6 Å². The van der Waals surface area contributed by atoms with Crippen molar-refractivity contribution in [2.24, 2.45) is 7.05 Å². The Kier molecular flexibility index (Phi) is 3.25. The summed E-state index contributed by atoms with van der Waals surface area (Å²) >= 11 is 5.91. The van der Waals surface area contributed by atoms with Crippen LogP contribution in [0.3, 0.4) is 0 Å². The van der Waals surface area contributed by atoms with E-state index in [0.717, 1.165) is 4.57 Å². The number of ether oxygens (including phenoxy) is 1. The van der Waals surface area contributed by atoms with Crippen molar-refractivity contribution in [3.8, 4) is 11.4 Å². The number of hydrogen-bond acceptors (Lipinski definition) is 3. The summed E-state index contributed by atoms with van der Waals surface area (Å²) in [5.74, 6) is 0.500. The van der Waals surface area contributed by atoms with Crippen LogP contribution in [0.25, 0.3) is 5.69 Å². The van der Waals surface area contributed by atoms with Gasteiger partial charge in [-0.25, -0.2) is 4.79 Å². The average molecular weight is 267 g/mol. The Morgan fingerprint density at radius 2 is 1.94 bits per heavy atom. The van der Waals surface area contributed by atoms with Crippen molar-refractivity contribution < 1.29 is 4.74 Å². The highest BCUT2D eigenvalue weighted by Gasteiger charge is 2.09. The predicted molar refractivity (Wildman–Crippen MR) is 68.8 cm³/mol. The summed E-state index contributed by atoms with van der Waals surface area (Å²) < 4.78 is 7.50. The number of hydrogen-bond donors (Lipinski definition) is 0. The van der Waals surface area contributed by atoms with Crippen LogP contribution >= 0.6 is 11.6 Å². The van der Waals surface area contributed by atoms with Gasteiger partial charge < -0.3 is 4.74 Å². The lowest BCUT2D eigenvalue weighted by molar-refractivity contribution is 0.412. The van der Waals surface area contributed by atoms with E-state index in [0.29, 0.717) is 16.5 Å². The van der Waals surface area contributed by atoms with E-state index < -0.39 is 5.69 Å². The zero-order valence-corrected chi connectivity index (χ0v) is 10.6. The van der Waals surface area contributed by atoms with E-state index in [-0.39, 0.29) is 5.56 Å².